The van der Waals surface area contributed by atoms with Gasteiger partial charge < -0.3 is 14.2 Å². The molecule has 0 amide bonds. The third kappa shape index (κ3) is 3.72. The van der Waals surface area contributed by atoms with E-state index in [0.717, 1.165) is 37.4 Å². The van der Waals surface area contributed by atoms with E-state index in [0.29, 0.717) is 12.0 Å². The Morgan fingerprint density at radius 1 is 1.10 bits per heavy atom. The lowest BCUT2D eigenvalue weighted by molar-refractivity contribution is -0.00928. The summed E-state index contributed by atoms with van der Waals surface area (Å²) in [5.41, 5.74) is 6.63. The molecule has 0 N–H and O–H groups in total. The third-order valence-electron chi connectivity index (χ3n) is 6.97. The first-order valence-electron chi connectivity index (χ1n) is 11.0. The molecule has 1 fully saturated rings. The summed E-state index contributed by atoms with van der Waals surface area (Å²) in [5.74, 6) is 1.80. The van der Waals surface area contributed by atoms with Gasteiger partial charge in [0.25, 0.3) is 0 Å². The molecule has 0 bridgehead atoms. The highest BCUT2D eigenvalue weighted by Gasteiger charge is 2.34. The van der Waals surface area contributed by atoms with Gasteiger partial charge in [0.05, 0.1) is 23.2 Å². The Labute approximate surface area is 187 Å². The lowest BCUT2D eigenvalue weighted by atomic mass is 9.98. The van der Waals surface area contributed by atoms with Gasteiger partial charge >= 0.3 is 0 Å². The van der Waals surface area contributed by atoms with Gasteiger partial charge in [-0.05, 0) is 80.0 Å². The molecule has 1 saturated heterocycles. The zero-order chi connectivity index (χ0) is 20.8. The SMILES string of the molecule is CO[C@H]1CN(C[C@H]2Cc3ccc(Br)cc3C2)CC[C@@H]1n1c(C)nc2cc(C)ccc21. The van der Waals surface area contributed by atoms with Crippen molar-refractivity contribution in [2.75, 3.05) is 26.7 Å². The second-order valence-electron chi connectivity index (χ2n) is 9.10. The molecule has 4 nitrogen and oxygen atoms in total. The van der Waals surface area contributed by atoms with Crippen LogP contribution in [0.2, 0.25) is 0 Å². The highest BCUT2D eigenvalue weighted by atomic mass is 79.9. The van der Waals surface area contributed by atoms with Crippen LogP contribution in [0.5, 0.6) is 0 Å². The van der Waals surface area contributed by atoms with E-state index in [4.69, 9.17) is 9.72 Å². The molecule has 2 aliphatic rings. The normalized spacial score (nSPS) is 24.5. The molecule has 3 aromatic rings. The maximum atomic E-state index is 6.03. The molecule has 0 spiro atoms. The Morgan fingerprint density at radius 2 is 1.93 bits per heavy atom. The van der Waals surface area contributed by atoms with Crippen molar-refractivity contribution in [2.24, 2.45) is 5.92 Å². The Kier molecular flexibility index (Phi) is 5.46. The summed E-state index contributed by atoms with van der Waals surface area (Å²) in [6.45, 7) is 7.52. The maximum absolute atomic E-state index is 6.03. The number of rotatable bonds is 4. The van der Waals surface area contributed by atoms with Crippen molar-refractivity contribution >= 4 is 27.0 Å². The molecule has 1 aliphatic heterocycles. The number of benzene rings is 2. The number of fused-ring (bicyclic) bond motifs is 2. The number of aryl methyl sites for hydroxylation is 2. The van der Waals surface area contributed by atoms with E-state index < -0.39 is 0 Å². The van der Waals surface area contributed by atoms with Crippen LogP contribution in [0.4, 0.5) is 0 Å². The number of nitrogens with zero attached hydrogens (tertiary/aromatic N) is 3. The summed E-state index contributed by atoms with van der Waals surface area (Å²) in [6.07, 6.45) is 3.68. The Bertz CT molecular complexity index is 1080. The summed E-state index contributed by atoms with van der Waals surface area (Å²) in [6, 6.07) is 13.7. The van der Waals surface area contributed by atoms with E-state index in [-0.39, 0.29) is 6.10 Å². The first-order chi connectivity index (χ1) is 14.5. The van der Waals surface area contributed by atoms with Crippen molar-refractivity contribution in [3.8, 4) is 0 Å². The largest absolute Gasteiger partial charge is 0.378 e. The van der Waals surface area contributed by atoms with Crippen LogP contribution in [0.3, 0.4) is 0 Å². The minimum atomic E-state index is 0.189. The molecule has 1 aliphatic carbocycles. The van der Waals surface area contributed by atoms with Crippen molar-refractivity contribution in [3.05, 3.63) is 63.4 Å². The van der Waals surface area contributed by atoms with Crippen LogP contribution in [0.25, 0.3) is 11.0 Å². The summed E-state index contributed by atoms with van der Waals surface area (Å²) in [4.78, 5) is 7.46. The van der Waals surface area contributed by atoms with Crippen LogP contribution in [0.1, 0.15) is 35.0 Å². The number of halogens is 1. The third-order valence-corrected chi connectivity index (χ3v) is 7.46. The van der Waals surface area contributed by atoms with E-state index in [1.807, 2.05) is 7.11 Å². The minimum Gasteiger partial charge on any atom is -0.378 e. The molecule has 158 valence electrons. The standard InChI is InChI=1S/C25H30BrN3O/c1-16-4-7-23-22(10-16)27-17(2)29(23)24-8-9-28(15-25(24)30-3)14-18-11-19-5-6-21(26)13-20(19)12-18/h4-7,10,13,18,24-25H,8-9,11-12,14-15H2,1-3H3/t18-,24-,25-/m0/s1. The second kappa shape index (κ2) is 8.10. The van der Waals surface area contributed by atoms with Crippen molar-refractivity contribution in [2.45, 2.75) is 45.3 Å². The molecule has 30 heavy (non-hydrogen) atoms. The van der Waals surface area contributed by atoms with E-state index in [1.165, 1.54) is 39.5 Å². The summed E-state index contributed by atoms with van der Waals surface area (Å²) < 4.78 is 9.65. The zero-order valence-corrected chi connectivity index (χ0v) is 19.7. The lowest BCUT2D eigenvalue weighted by Gasteiger charge is -2.40. The van der Waals surface area contributed by atoms with Crippen molar-refractivity contribution in [1.82, 2.24) is 14.5 Å². The number of hydrogen-bond acceptors (Lipinski definition) is 3. The zero-order valence-electron chi connectivity index (χ0n) is 18.1. The van der Waals surface area contributed by atoms with Crippen molar-refractivity contribution in [1.29, 1.82) is 0 Å². The first kappa shape index (κ1) is 20.2. The quantitative estimate of drug-likeness (QED) is 0.534. The molecule has 5 heteroatoms. The number of aromatic nitrogens is 2. The molecular formula is C25H30BrN3O. The molecule has 0 saturated carbocycles. The molecule has 0 radical (unpaired) electrons. The van der Waals surface area contributed by atoms with E-state index in [1.54, 1.807) is 0 Å². The van der Waals surface area contributed by atoms with Crippen molar-refractivity contribution < 1.29 is 4.74 Å². The maximum Gasteiger partial charge on any atom is 0.107 e. The fourth-order valence-electron chi connectivity index (χ4n) is 5.58. The van der Waals surface area contributed by atoms with Gasteiger partial charge in [-0.2, -0.15) is 0 Å². The van der Waals surface area contributed by atoms with E-state index >= 15 is 0 Å². The number of ether oxygens (including phenoxy) is 1. The van der Waals surface area contributed by atoms with Crippen LogP contribution < -0.4 is 0 Å². The average molecular weight is 468 g/mol. The van der Waals surface area contributed by atoms with Gasteiger partial charge in [-0.15, -0.1) is 0 Å². The second-order valence-corrected chi connectivity index (χ2v) is 10.0. The Balaban J connectivity index is 1.30. The summed E-state index contributed by atoms with van der Waals surface area (Å²) in [7, 11) is 1.86. The van der Waals surface area contributed by atoms with E-state index in [2.05, 4.69) is 75.6 Å². The van der Waals surface area contributed by atoms with Gasteiger partial charge in [0.2, 0.25) is 0 Å². The molecule has 0 unspecified atom stereocenters. The van der Waals surface area contributed by atoms with Gasteiger partial charge in [-0.25, -0.2) is 4.98 Å². The molecule has 5 rings (SSSR count). The Morgan fingerprint density at radius 3 is 2.77 bits per heavy atom. The number of likely N-dealkylation sites (tertiary alicyclic amines) is 1. The van der Waals surface area contributed by atoms with Gasteiger partial charge in [-0.3, -0.25) is 0 Å². The molecule has 1 aromatic heterocycles. The van der Waals surface area contributed by atoms with Crippen LogP contribution >= 0.6 is 15.9 Å². The highest BCUT2D eigenvalue weighted by Crippen LogP contribution is 2.33. The number of imidazole rings is 1. The summed E-state index contributed by atoms with van der Waals surface area (Å²) in [5, 5.41) is 0. The average Bonchev–Trinajstić information content (AvgIpc) is 3.26. The van der Waals surface area contributed by atoms with Gasteiger partial charge in [0.15, 0.2) is 0 Å². The molecule has 2 aromatic carbocycles. The predicted molar refractivity (Wildman–Crippen MR) is 125 cm³/mol. The van der Waals surface area contributed by atoms with E-state index in [9.17, 15) is 0 Å². The number of hydrogen-bond donors (Lipinski definition) is 0. The lowest BCUT2D eigenvalue weighted by Crippen LogP contribution is -2.47. The number of methoxy groups -OCH3 is 1. The van der Waals surface area contributed by atoms with Crippen LogP contribution in [0, 0.1) is 19.8 Å². The van der Waals surface area contributed by atoms with Crippen LogP contribution in [0.15, 0.2) is 40.9 Å². The highest BCUT2D eigenvalue weighted by molar-refractivity contribution is 9.10. The van der Waals surface area contributed by atoms with Gasteiger partial charge in [0.1, 0.15) is 5.82 Å². The monoisotopic (exact) mass is 467 g/mol. The number of piperidine rings is 1. The van der Waals surface area contributed by atoms with Crippen molar-refractivity contribution in [3.63, 3.8) is 0 Å². The molecule has 2 heterocycles. The smallest absolute Gasteiger partial charge is 0.107 e. The van der Waals surface area contributed by atoms with Crippen LogP contribution in [-0.2, 0) is 17.6 Å². The van der Waals surface area contributed by atoms with Crippen LogP contribution in [-0.4, -0.2) is 47.3 Å². The minimum absolute atomic E-state index is 0.189. The predicted octanol–water partition coefficient (Wildman–Crippen LogP) is 5.09. The van der Waals surface area contributed by atoms with Gasteiger partial charge in [0, 0.05) is 31.2 Å². The fraction of sp³-hybridized carbons (Fsp3) is 0.480. The molecular weight excluding hydrogens is 438 g/mol. The Hall–Kier alpha value is -1.69. The summed E-state index contributed by atoms with van der Waals surface area (Å²) >= 11 is 3.62. The topological polar surface area (TPSA) is 30.3 Å². The van der Waals surface area contributed by atoms with Gasteiger partial charge in [-0.1, -0.05) is 28.1 Å². The fourth-order valence-corrected chi connectivity index (χ4v) is 5.99. The first-order valence-corrected chi connectivity index (χ1v) is 11.8. The molecule has 3 atom stereocenters.